The summed E-state index contributed by atoms with van der Waals surface area (Å²) in [6.07, 6.45) is 0. The maximum atomic E-state index is 11.8. The van der Waals surface area contributed by atoms with Gasteiger partial charge in [0, 0.05) is 58.7 Å². The Morgan fingerprint density at radius 2 is 1.56 bits per heavy atom. The average Bonchev–Trinajstić information content (AvgIpc) is 3.11. The fourth-order valence-corrected chi connectivity index (χ4v) is 5.99. The van der Waals surface area contributed by atoms with Crippen molar-refractivity contribution >= 4 is 35.6 Å². The quantitative estimate of drug-likeness (QED) is 0.121. The molecule has 0 spiro atoms. The van der Waals surface area contributed by atoms with Gasteiger partial charge in [0.25, 0.3) is 6.47 Å². The van der Waals surface area contributed by atoms with E-state index in [0.29, 0.717) is 55.0 Å². The topological polar surface area (TPSA) is 66.5 Å². The van der Waals surface area contributed by atoms with E-state index in [1.54, 1.807) is 14.2 Å². The number of thiol groups is 1. The summed E-state index contributed by atoms with van der Waals surface area (Å²) in [6.45, 7) is 3.51. The number of hydrogen-bond donors (Lipinski definition) is 1. The number of carbonyl (C=O) groups is 1. The SMILES string of the molecule is COc1ccc(-c2cc3c(OCc4ccccc4)cc(OC=O)c(-c4ccc(CS)cc4)c3cc2N2CCOCC2)c(OC)c1. The van der Waals surface area contributed by atoms with Gasteiger partial charge >= 0.3 is 0 Å². The molecule has 0 radical (unpaired) electrons. The van der Waals surface area contributed by atoms with Gasteiger partial charge in [0.05, 0.1) is 27.4 Å². The van der Waals surface area contributed by atoms with E-state index in [2.05, 4.69) is 29.7 Å². The first-order valence-electron chi connectivity index (χ1n) is 14.8. The first-order chi connectivity index (χ1) is 22.1. The summed E-state index contributed by atoms with van der Waals surface area (Å²) in [5, 5.41) is 1.77. The highest BCUT2D eigenvalue weighted by Gasteiger charge is 2.24. The molecule has 1 heterocycles. The molecule has 45 heavy (non-hydrogen) atoms. The van der Waals surface area contributed by atoms with Gasteiger partial charge in [-0.05, 0) is 46.3 Å². The number of morpholine rings is 1. The van der Waals surface area contributed by atoms with Crippen molar-refractivity contribution in [2.45, 2.75) is 12.4 Å². The molecule has 0 saturated carbocycles. The lowest BCUT2D eigenvalue weighted by Gasteiger charge is -2.32. The van der Waals surface area contributed by atoms with Crippen LogP contribution in [0.5, 0.6) is 23.0 Å². The molecule has 0 amide bonds. The fourth-order valence-electron chi connectivity index (χ4n) is 5.78. The Bertz CT molecular complexity index is 1790. The molecule has 1 fully saturated rings. The van der Waals surface area contributed by atoms with Crippen LogP contribution in [0.3, 0.4) is 0 Å². The van der Waals surface area contributed by atoms with Gasteiger partial charge in [0.2, 0.25) is 0 Å². The second kappa shape index (κ2) is 14.0. The number of methoxy groups -OCH3 is 2. The summed E-state index contributed by atoms with van der Waals surface area (Å²) in [6, 6.07) is 30.1. The molecule has 1 saturated heterocycles. The van der Waals surface area contributed by atoms with Crippen molar-refractivity contribution in [2.24, 2.45) is 0 Å². The summed E-state index contributed by atoms with van der Waals surface area (Å²) < 4.78 is 29.3. The van der Waals surface area contributed by atoms with Gasteiger partial charge < -0.3 is 28.6 Å². The average molecular weight is 622 g/mol. The second-order valence-electron chi connectivity index (χ2n) is 10.7. The van der Waals surface area contributed by atoms with Crippen LogP contribution in [0, 0.1) is 0 Å². The van der Waals surface area contributed by atoms with E-state index in [1.807, 2.05) is 78.9 Å². The van der Waals surface area contributed by atoms with E-state index in [-0.39, 0.29) is 0 Å². The molecule has 8 heteroatoms. The zero-order chi connectivity index (χ0) is 31.2. The Kier molecular flexibility index (Phi) is 9.43. The molecule has 5 aromatic carbocycles. The molecular formula is C37H35NO6S. The van der Waals surface area contributed by atoms with E-state index in [4.69, 9.17) is 23.7 Å². The molecule has 230 valence electrons. The zero-order valence-corrected chi connectivity index (χ0v) is 26.2. The first-order valence-corrected chi connectivity index (χ1v) is 15.4. The van der Waals surface area contributed by atoms with Crippen LogP contribution in [0.25, 0.3) is 33.0 Å². The van der Waals surface area contributed by atoms with Crippen molar-refractivity contribution in [3.63, 3.8) is 0 Å². The third-order valence-corrected chi connectivity index (χ3v) is 8.43. The molecule has 0 N–H and O–H groups in total. The lowest BCUT2D eigenvalue weighted by Crippen LogP contribution is -2.36. The molecule has 0 aliphatic carbocycles. The number of fused-ring (bicyclic) bond motifs is 1. The number of carbonyl (C=O) groups excluding carboxylic acids is 1. The summed E-state index contributed by atoms with van der Waals surface area (Å²) in [5.41, 5.74) is 6.75. The number of hydrogen-bond acceptors (Lipinski definition) is 8. The third-order valence-electron chi connectivity index (χ3n) is 8.07. The lowest BCUT2D eigenvalue weighted by molar-refractivity contribution is -0.120. The van der Waals surface area contributed by atoms with Gasteiger partial charge in [-0.25, -0.2) is 0 Å². The van der Waals surface area contributed by atoms with E-state index in [0.717, 1.165) is 62.9 Å². The molecule has 0 aromatic heterocycles. The largest absolute Gasteiger partial charge is 0.497 e. The summed E-state index contributed by atoms with van der Waals surface area (Å²) in [4.78, 5) is 14.2. The number of nitrogens with zero attached hydrogens (tertiary/aromatic N) is 1. The Morgan fingerprint density at radius 1 is 0.778 bits per heavy atom. The van der Waals surface area contributed by atoms with Crippen molar-refractivity contribution in [1.82, 2.24) is 0 Å². The minimum atomic E-state index is 0.346. The molecule has 0 unspecified atom stereocenters. The molecule has 0 atom stereocenters. The van der Waals surface area contributed by atoms with Crippen molar-refractivity contribution in [3.8, 4) is 45.3 Å². The van der Waals surface area contributed by atoms with Crippen LogP contribution in [-0.2, 0) is 21.9 Å². The van der Waals surface area contributed by atoms with Crippen LogP contribution < -0.4 is 23.8 Å². The van der Waals surface area contributed by atoms with Gasteiger partial charge in [-0.2, -0.15) is 12.6 Å². The Balaban J connectivity index is 1.65. The van der Waals surface area contributed by atoms with Gasteiger partial charge in [0.15, 0.2) is 0 Å². The van der Waals surface area contributed by atoms with Crippen molar-refractivity contribution < 1.29 is 28.5 Å². The fraction of sp³-hybridized carbons (Fsp3) is 0.216. The Morgan fingerprint density at radius 3 is 2.24 bits per heavy atom. The van der Waals surface area contributed by atoms with Crippen LogP contribution in [-0.4, -0.2) is 47.0 Å². The van der Waals surface area contributed by atoms with Crippen molar-refractivity contribution in [1.29, 1.82) is 0 Å². The molecular weight excluding hydrogens is 586 g/mol. The minimum Gasteiger partial charge on any atom is -0.497 e. The van der Waals surface area contributed by atoms with Crippen LogP contribution in [0.1, 0.15) is 11.1 Å². The summed E-state index contributed by atoms with van der Waals surface area (Å²) in [5.74, 6) is 3.04. The van der Waals surface area contributed by atoms with Crippen LogP contribution >= 0.6 is 12.6 Å². The van der Waals surface area contributed by atoms with Gasteiger partial charge in [-0.15, -0.1) is 0 Å². The monoisotopic (exact) mass is 621 g/mol. The van der Waals surface area contributed by atoms with Crippen LogP contribution in [0.4, 0.5) is 5.69 Å². The molecule has 1 aliphatic rings. The predicted octanol–water partition coefficient (Wildman–Crippen LogP) is 7.57. The van der Waals surface area contributed by atoms with Crippen LogP contribution in [0.15, 0.2) is 91.0 Å². The van der Waals surface area contributed by atoms with E-state index < -0.39 is 0 Å². The highest BCUT2D eigenvalue weighted by atomic mass is 32.1. The van der Waals surface area contributed by atoms with Crippen LogP contribution in [0.2, 0.25) is 0 Å². The van der Waals surface area contributed by atoms with Gasteiger partial charge in [-0.1, -0.05) is 54.6 Å². The Hall–Kier alpha value is -4.66. The molecule has 7 nitrogen and oxygen atoms in total. The summed E-state index contributed by atoms with van der Waals surface area (Å²) in [7, 11) is 3.31. The van der Waals surface area contributed by atoms with Crippen molar-refractivity contribution in [2.75, 3.05) is 45.4 Å². The van der Waals surface area contributed by atoms with E-state index >= 15 is 0 Å². The highest BCUT2D eigenvalue weighted by Crippen LogP contribution is 2.48. The Labute approximate surface area is 268 Å². The number of anilines is 1. The normalized spacial score (nSPS) is 13.0. The number of benzene rings is 5. The molecule has 0 bridgehead atoms. The van der Waals surface area contributed by atoms with E-state index in [1.165, 1.54) is 0 Å². The minimum absolute atomic E-state index is 0.346. The van der Waals surface area contributed by atoms with E-state index in [9.17, 15) is 4.79 Å². The van der Waals surface area contributed by atoms with Crippen molar-refractivity contribution in [3.05, 3.63) is 102 Å². The predicted molar refractivity (Wildman–Crippen MR) is 181 cm³/mol. The number of rotatable bonds is 11. The highest BCUT2D eigenvalue weighted by molar-refractivity contribution is 7.79. The standard InChI is InChI=1S/C37H35NO6S/c1-40-28-12-13-29(34(18-28)41-2)30-19-31-32(20-33(30)38-14-16-42-17-15-38)37(27-10-8-26(23-45)9-11-27)36(44-24-39)21-35(31)43-22-25-6-4-3-5-7-25/h3-13,18-21,24,45H,14-17,22-23H2,1-2H3. The van der Waals surface area contributed by atoms with Gasteiger partial charge in [-0.3, -0.25) is 4.79 Å². The smallest absolute Gasteiger partial charge is 0.298 e. The third kappa shape index (κ3) is 6.43. The number of ether oxygens (including phenoxy) is 5. The zero-order valence-electron chi connectivity index (χ0n) is 25.3. The molecule has 1 aliphatic heterocycles. The first kappa shape index (κ1) is 30.4. The second-order valence-corrected chi connectivity index (χ2v) is 11.0. The maximum Gasteiger partial charge on any atom is 0.298 e. The molecule has 6 rings (SSSR count). The lowest BCUT2D eigenvalue weighted by atomic mass is 9.91. The maximum absolute atomic E-state index is 11.8. The van der Waals surface area contributed by atoms with Gasteiger partial charge in [0.1, 0.15) is 29.6 Å². The molecule has 5 aromatic rings. The summed E-state index contributed by atoms with van der Waals surface area (Å²) >= 11 is 4.44.